The average Bonchev–Trinajstić information content (AvgIpc) is 3.14. The van der Waals surface area contributed by atoms with Crippen molar-refractivity contribution in [3.8, 4) is 0 Å². The first-order valence-electron chi connectivity index (χ1n) is 11.7. The lowest BCUT2D eigenvalue weighted by Crippen LogP contribution is -2.34. The van der Waals surface area contributed by atoms with Gasteiger partial charge in [-0.2, -0.15) is 8.78 Å². The van der Waals surface area contributed by atoms with Crippen molar-refractivity contribution in [2.45, 2.75) is 54.4 Å². The normalized spacial score (nSPS) is 19.2. The van der Waals surface area contributed by atoms with Gasteiger partial charge in [-0.15, -0.1) is 0 Å². The summed E-state index contributed by atoms with van der Waals surface area (Å²) in [5.41, 5.74) is 1.91. The van der Waals surface area contributed by atoms with Gasteiger partial charge in [-0.3, -0.25) is 14.5 Å². The number of nitrogens with one attached hydrogen (secondary N) is 1. The van der Waals surface area contributed by atoms with E-state index in [4.69, 9.17) is 0 Å². The molecule has 10 heteroatoms. The van der Waals surface area contributed by atoms with Crippen LogP contribution in [0, 0.1) is 5.82 Å². The second-order valence-electron chi connectivity index (χ2n) is 8.45. The minimum atomic E-state index is -2.51. The maximum Gasteiger partial charge on any atom is 0.288 e. The number of amides is 2. The number of benzene rings is 2. The standard InChI is InChI=1S/C26H26F3N3O2S2/c27-20-8-4-5-9-21(20)31-23(33)16-22-24(34)32(15-14-17-6-2-1-3-7-17)26(36-22)30-18-10-12-19(13-11-18)35-25(28)29/h4-6,8-13,22,25H,1-3,7,14-16H2,(H,31,33)/t22-/m0/s1. The number of carbonyl (C=O) groups excluding carboxylic acids is 2. The number of para-hydroxylation sites is 1. The van der Waals surface area contributed by atoms with E-state index in [9.17, 15) is 22.8 Å². The number of amidine groups is 1. The lowest BCUT2D eigenvalue weighted by Gasteiger charge is -2.19. The van der Waals surface area contributed by atoms with Gasteiger partial charge in [-0.25, -0.2) is 9.38 Å². The Bertz CT molecular complexity index is 1160. The van der Waals surface area contributed by atoms with Gasteiger partial charge in [0.15, 0.2) is 5.17 Å². The van der Waals surface area contributed by atoms with E-state index < -0.39 is 22.7 Å². The number of hydrogen-bond acceptors (Lipinski definition) is 5. The largest absolute Gasteiger partial charge is 0.324 e. The molecule has 1 saturated heterocycles. The van der Waals surface area contributed by atoms with Crippen LogP contribution in [0.1, 0.15) is 38.5 Å². The zero-order valence-electron chi connectivity index (χ0n) is 19.5. The molecule has 5 nitrogen and oxygen atoms in total. The van der Waals surface area contributed by atoms with Crippen LogP contribution in [0.4, 0.5) is 24.5 Å². The van der Waals surface area contributed by atoms with Crippen LogP contribution in [0.5, 0.6) is 0 Å². The predicted octanol–water partition coefficient (Wildman–Crippen LogP) is 6.99. The molecule has 0 radical (unpaired) electrons. The van der Waals surface area contributed by atoms with Gasteiger partial charge in [0, 0.05) is 17.9 Å². The molecular weight excluding hydrogens is 507 g/mol. The molecule has 1 N–H and O–H groups in total. The van der Waals surface area contributed by atoms with Gasteiger partial charge in [0.2, 0.25) is 11.8 Å². The highest BCUT2D eigenvalue weighted by Gasteiger charge is 2.39. The van der Waals surface area contributed by atoms with Gasteiger partial charge in [0.05, 0.1) is 11.4 Å². The molecule has 1 aliphatic heterocycles. The van der Waals surface area contributed by atoms with E-state index >= 15 is 0 Å². The van der Waals surface area contributed by atoms with Gasteiger partial charge in [-0.05, 0) is 68.5 Å². The SMILES string of the molecule is O=C(C[C@@H]1SC(=Nc2ccc(SC(F)F)cc2)N(CCC2=CCCCC2)C1=O)Nc1ccccc1F. The van der Waals surface area contributed by atoms with E-state index in [-0.39, 0.29) is 18.0 Å². The Morgan fingerprint density at radius 3 is 2.64 bits per heavy atom. The first-order valence-corrected chi connectivity index (χ1v) is 13.5. The third kappa shape index (κ3) is 7.16. The molecule has 2 aromatic carbocycles. The Labute approximate surface area is 216 Å². The molecule has 2 aromatic rings. The highest BCUT2D eigenvalue weighted by molar-refractivity contribution is 8.15. The smallest absolute Gasteiger partial charge is 0.288 e. The van der Waals surface area contributed by atoms with Gasteiger partial charge in [0.1, 0.15) is 11.1 Å². The number of aliphatic imine (C=N–C) groups is 1. The fourth-order valence-corrected chi connectivity index (χ4v) is 5.75. The number of nitrogens with zero attached hydrogens (tertiary/aromatic N) is 2. The molecule has 36 heavy (non-hydrogen) atoms. The lowest BCUT2D eigenvalue weighted by atomic mass is 9.97. The number of allylic oxidation sites excluding steroid dienone is 1. The fourth-order valence-electron chi connectivity index (χ4n) is 4.06. The van der Waals surface area contributed by atoms with Crippen molar-refractivity contribution in [1.29, 1.82) is 0 Å². The van der Waals surface area contributed by atoms with Crippen molar-refractivity contribution >= 4 is 51.9 Å². The highest BCUT2D eigenvalue weighted by Crippen LogP contribution is 2.34. The predicted molar refractivity (Wildman–Crippen MR) is 139 cm³/mol. The molecule has 0 aromatic heterocycles. The Morgan fingerprint density at radius 2 is 1.94 bits per heavy atom. The molecule has 1 atom stereocenters. The van der Waals surface area contributed by atoms with Crippen LogP contribution in [0.2, 0.25) is 0 Å². The first-order chi connectivity index (χ1) is 17.4. The summed E-state index contributed by atoms with van der Waals surface area (Å²) in [6, 6.07) is 12.2. The zero-order valence-corrected chi connectivity index (χ0v) is 21.1. The molecule has 4 rings (SSSR count). The molecule has 1 aliphatic carbocycles. The van der Waals surface area contributed by atoms with Gasteiger partial charge >= 0.3 is 0 Å². The summed E-state index contributed by atoms with van der Waals surface area (Å²) >= 11 is 1.65. The molecule has 0 unspecified atom stereocenters. The van der Waals surface area contributed by atoms with Gasteiger partial charge in [0.25, 0.3) is 5.76 Å². The summed E-state index contributed by atoms with van der Waals surface area (Å²) < 4.78 is 39.2. The lowest BCUT2D eigenvalue weighted by molar-refractivity contribution is -0.128. The van der Waals surface area contributed by atoms with E-state index in [0.717, 1.165) is 25.7 Å². The quantitative estimate of drug-likeness (QED) is 0.279. The Hall–Kier alpha value is -2.72. The maximum atomic E-state index is 13.9. The van der Waals surface area contributed by atoms with Crippen LogP contribution < -0.4 is 5.32 Å². The Kier molecular flexibility index (Phi) is 9.14. The van der Waals surface area contributed by atoms with E-state index in [2.05, 4.69) is 16.4 Å². The zero-order chi connectivity index (χ0) is 25.5. The number of halogens is 3. The van der Waals surface area contributed by atoms with E-state index in [1.807, 2.05) is 0 Å². The second kappa shape index (κ2) is 12.5. The summed E-state index contributed by atoms with van der Waals surface area (Å²) in [5, 5.41) is 2.31. The third-order valence-corrected chi connectivity index (χ3v) is 7.76. The molecule has 1 fully saturated rings. The number of carbonyl (C=O) groups is 2. The van der Waals surface area contributed by atoms with Crippen molar-refractivity contribution in [3.63, 3.8) is 0 Å². The van der Waals surface area contributed by atoms with E-state index in [0.29, 0.717) is 34.1 Å². The van der Waals surface area contributed by atoms with Gasteiger partial charge < -0.3 is 5.32 Å². The molecule has 0 bridgehead atoms. The number of alkyl halides is 2. The van der Waals surface area contributed by atoms with Crippen LogP contribution in [-0.2, 0) is 9.59 Å². The summed E-state index contributed by atoms with van der Waals surface area (Å²) in [6.45, 7) is 0.446. The summed E-state index contributed by atoms with van der Waals surface area (Å²) in [6.07, 6.45) is 7.20. The number of hydrogen-bond donors (Lipinski definition) is 1. The summed E-state index contributed by atoms with van der Waals surface area (Å²) in [7, 11) is 0. The highest BCUT2D eigenvalue weighted by atomic mass is 32.2. The van der Waals surface area contributed by atoms with Crippen LogP contribution in [0.15, 0.2) is 70.1 Å². The summed E-state index contributed by atoms with van der Waals surface area (Å²) in [5.74, 6) is -3.74. The van der Waals surface area contributed by atoms with Crippen molar-refractivity contribution in [2.24, 2.45) is 4.99 Å². The second-order valence-corrected chi connectivity index (χ2v) is 10.7. The summed E-state index contributed by atoms with van der Waals surface area (Å²) in [4.78, 5) is 32.5. The molecular formula is C26H26F3N3O2S2. The van der Waals surface area contributed by atoms with E-state index in [1.54, 1.807) is 35.2 Å². The molecule has 0 saturated carbocycles. The van der Waals surface area contributed by atoms with Crippen molar-refractivity contribution in [1.82, 2.24) is 4.90 Å². The van der Waals surface area contributed by atoms with Gasteiger partial charge in [-0.1, -0.05) is 47.3 Å². The van der Waals surface area contributed by atoms with Crippen LogP contribution in [0.3, 0.4) is 0 Å². The van der Waals surface area contributed by atoms with Crippen LogP contribution in [-0.4, -0.2) is 39.4 Å². The van der Waals surface area contributed by atoms with Crippen molar-refractivity contribution < 1.29 is 22.8 Å². The maximum absolute atomic E-state index is 13.9. The van der Waals surface area contributed by atoms with Crippen LogP contribution >= 0.6 is 23.5 Å². The minimum absolute atomic E-state index is 0.0645. The average molecular weight is 534 g/mol. The van der Waals surface area contributed by atoms with Crippen LogP contribution in [0.25, 0.3) is 0 Å². The Balaban J connectivity index is 1.49. The topological polar surface area (TPSA) is 61.8 Å². The number of rotatable bonds is 9. The number of anilines is 1. The molecule has 190 valence electrons. The van der Waals surface area contributed by atoms with E-state index in [1.165, 1.54) is 42.0 Å². The molecule has 2 amide bonds. The molecule has 2 aliphatic rings. The molecule has 1 heterocycles. The molecule has 0 spiro atoms. The third-order valence-electron chi connectivity index (χ3n) is 5.87. The first kappa shape index (κ1) is 26.3. The number of thioether (sulfide) groups is 2. The van der Waals surface area contributed by atoms with Crippen molar-refractivity contribution in [3.05, 3.63) is 66.0 Å². The van der Waals surface area contributed by atoms with Crippen molar-refractivity contribution in [2.75, 3.05) is 11.9 Å². The Morgan fingerprint density at radius 1 is 1.17 bits per heavy atom. The fraction of sp³-hybridized carbons (Fsp3) is 0.346. The monoisotopic (exact) mass is 533 g/mol. The minimum Gasteiger partial charge on any atom is -0.324 e.